The fraction of sp³-hybridized carbons (Fsp3) is 0.714. The second-order valence-electron chi connectivity index (χ2n) is 5.73. The molecular formula is C14H21N3O2. The van der Waals surface area contributed by atoms with Gasteiger partial charge in [-0.2, -0.15) is 5.10 Å². The van der Waals surface area contributed by atoms with Gasteiger partial charge in [0.2, 0.25) is 0 Å². The number of carboxylic acids is 1. The summed E-state index contributed by atoms with van der Waals surface area (Å²) in [5.41, 5.74) is 1.20. The van der Waals surface area contributed by atoms with E-state index in [0.717, 1.165) is 25.8 Å². The van der Waals surface area contributed by atoms with Crippen LogP contribution in [-0.2, 0) is 11.3 Å². The van der Waals surface area contributed by atoms with Crippen LogP contribution in [0.1, 0.15) is 44.7 Å². The van der Waals surface area contributed by atoms with E-state index in [1.165, 1.54) is 5.56 Å². The van der Waals surface area contributed by atoms with E-state index in [2.05, 4.69) is 30.0 Å². The van der Waals surface area contributed by atoms with Crippen LogP contribution in [0.5, 0.6) is 0 Å². The van der Waals surface area contributed by atoms with Gasteiger partial charge >= 0.3 is 5.97 Å². The number of nitrogens with zero attached hydrogens (tertiary/aromatic N) is 3. The first-order chi connectivity index (χ1) is 9.11. The first-order valence-corrected chi connectivity index (χ1v) is 7.14. The maximum absolute atomic E-state index is 11.3. The Morgan fingerprint density at radius 2 is 2.37 bits per heavy atom. The molecule has 0 aliphatic carbocycles. The van der Waals surface area contributed by atoms with Crippen molar-refractivity contribution in [1.29, 1.82) is 0 Å². The summed E-state index contributed by atoms with van der Waals surface area (Å²) < 4.78 is 1.93. The smallest absolute Gasteiger partial charge is 0.308 e. The Kier molecular flexibility index (Phi) is 3.09. The molecule has 3 heterocycles. The standard InChI is InChI=1S/C14H21N3O2/c1-3-16-8-10(7-15-16)9(2)17-11-4-5-13(17)12(6-11)14(18)19/h7-9,11-13H,3-6H2,1-2H3,(H,18,19). The normalized spacial score (nSPS) is 31.8. The number of aryl methyl sites for hydroxylation is 1. The molecule has 0 radical (unpaired) electrons. The monoisotopic (exact) mass is 263 g/mol. The first kappa shape index (κ1) is 12.7. The summed E-state index contributed by atoms with van der Waals surface area (Å²) in [4.78, 5) is 13.7. The predicted octanol–water partition coefficient (Wildman–Crippen LogP) is 1.90. The van der Waals surface area contributed by atoms with Gasteiger partial charge in [0.05, 0.1) is 12.1 Å². The number of aliphatic carboxylic acids is 1. The average Bonchev–Trinajstić information content (AvgIpc) is 3.11. The molecule has 1 aromatic rings. The Morgan fingerprint density at radius 1 is 1.58 bits per heavy atom. The van der Waals surface area contributed by atoms with Crippen molar-refractivity contribution in [2.75, 3.05) is 0 Å². The van der Waals surface area contributed by atoms with Crippen LogP contribution in [0.25, 0.3) is 0 Å². The minimum absolute atomic E-state index is 0.178. The Bertz CT molecular complexity index is 485. The summed E-state index contributed by atoms with van der Waals surface area (Å²) in [6.07, 6.45) is 6.97. The molecule has 4 atom stereocenters. The zero-order chi connectivity index (χ0) is 13.6. The largest absolute Gasteiger partial charge is 0.481 e. The number of carbonyl (C=O) groups is 1. The van der Waals surface area contributed by atoms with Crippen LogP contribution in [0.2, 0.25) is 0 Å². The van der Waals surface area contributed by atoms with Crippen LogP contribution in [0, 0.1) is 5.92 Å². The highest BCUT2D eigenvalue weighted by atomic mass is 16.4. The molecule has 3 rings (SSSR count). The van der Waals surface area contributed by atoms with Crippen molar-refractivity contribution in [2.24, 2.45) is 5.92 Å². The Labute approximate surface area is 113 Å². The molecule has 2 fully saturated rings. The number of hydrogen-bond acceptors (Lipinski definition) is 3. The van der Waals surface area contributed by atoms with Crippen molar-refractivity contribution in [3.8, 4) is 0 Å². The topological polar surface area (TPSA) is 58.4 Å². The van der Waals surface area contributed by atoms with Gasteiger partial charge in [-0.25, -0.2) is 0 Å². The number of aromatic nitrogens is 2. The van der Waals surface area contributed by atoms with Gasteiger partial charge in [-0.3, -0.25) is 14.4 Å². The molecular weight excluding hydrogens is 242 g/mol. The molecule has 2 saturated heterocycles. The fourth-order valence-corrected chi connectivity index (χ4v) is 3.84. The summed E-state index contributed by atoms with van der Waals surface area (Å²) in [5.74, 6) is -0.809. The number of fused-ring (bicyclic) bond motifs is 2. The lowest BCUT2D eigenvalue weighted by molar-refractivity contribution is -0.142. The van der Waals surface area contributed by atoms with Gasteiger partial charge in [0.15, 0.2) is 0 Å². The molecule has 1 aromatic heterocycles. The zero-order valence-electron chi connectivity index (χ0n) is 11.5. The average molecular weight is 263 g/mol. The maximum atomic E-state index is 11.3. The summed E-state index contributed by atoms with van der Waals surface area (Å²) >= 11 is 0. The number of carboxylic acid groups (broad SMARTS) is 1. The molecule has 5 nitrogen and oxygen atoms in total. The quantitative estimate of drug-likeness (QED) is 0.901. The minimum atomic E-state index is -0.631. The third-order valence-electron chi connectivity index (χ3n) is 4.81. The lowest BCUT2D eigenvalue weighted by Crippen LogP contribution is -2.34. The van der Waals surface area contributed by atoms with E-state index in [9.17, 15) is 9.90 Å². The van der Waals surface area contributed by atoms with Crippen molar-refractivity contribution < 1.29 is 9.90 Å². The SMILES string of the molecule is CCn1cc(C(C)N2C3CCC2C(C(=O)O)C3)cn1. The summed E-state index contributed by atoms with van der Waals surface area (Å²) in [6, 6.07) is 0.913. The molecule has 2 aliphatic rings. The zero-order valence-corrected chi connectivity index (χ0v) is 11.5. The van der Waals surface area contributed by atoms with E-state index in [1.807, 2.05) is 10.9 Å². The van der Waals surface area contributed by atoms with Crippen molar-refractivity contribution in [3.63, 3.8) is 0 Å². The van der Waals surface area contributed by atoms with Crippen molar-refractivity contribution in [1.82, 2.24) is 14.7 Å². The third-order valence-corrected chi connectivity index (χ3v) is 4.81. The van der Waals surface area contributed by atoms with Gasteiger partial charge in [0.25, 0.3) is 0 Å². The highest BCUT2D eigenvalue weighted by molar-refractivity contribution is 5.71. The third kappa shape index (κ3) is 1.96. The summed E-state index contributed by atoms with van der Waals surface area (Å²) in [6.45, 7) is 5.12. The van der Waals surface area contributed by atoms with E-state index >= 15 is 0 Å². The van der Waals surface area contributed by atoms with E-state index in [-0.39, 0.29) is 18.0 Å². The lowest BCUT2D eigenvalue weighted by atomic mass is 9.89. The van der Waals surface area contributed by atoms with E-state index < -0.39 is 5.97 Å². The van der Waals surface area contributed by atoms with E-state index in [0.29, 0.717) is 6.04 Å². The molecule has 19 heavy (non-hydrogen) atoms. The van der Waals surface area contributed by atoms with Crippen LogP contribution in [0.4, 0.5) is 0 Å². The molecule has 2 aliphatic heterocycles. The first-order valence-electron chi connectivity index (χ1n) is 7.14. The van der Waals surface area contributed by atoms with Gasteiger partial charge in [0.1, 0.15) is 0 Å². The Hall–Kier alpha value is -1.36. The van der Waals surface area contributed by atoms with Crippen LogP contribution in [-0.4, -0.2) is 37.8 Å². The number of hydrogen-bond donors (Lipinski definition) is 1. The molecule has 4 unspecified atom stereocenters. The predicted molar refractivity (Wildman–Crippen MR) is 70.7 cm³/mol. The van der Waals surface area contributed by atoms with Crippen molar-refractivity contribution in [2.45, 2.75) is 57.8 Å². The van der Waals surface area contributed by atoms with Gasteiger partial charge in [0, 0.05) is 36.4 Å². The van der Waals surface area contributed by atoms with E-state index in [4.69, 9.17) is 0 Å². The highest BCUT2D eigenvalue weighted by Crippen LogP contribution is 2.46. The van der Waals surface area contributed by atoms with Gasteiger partial charge < -0.3 is 5.11 Å². The van der Waals surface area contributed by atoms with Gasteiger partial charge in [-0.05, 0) is 33.1 Å². The second-order valence-corrected chi connectivity index (χ2v) is 5.73. The summed E-state index contributed by atoms with van der Waals surface area (Å²) in [5, 5.41) is 13.6. The fourth-order valence-electron chi connectivity index (χ4n) is 3.84. The van der Waals surface area contributed by atoms with Gasteiger partial charge in [-0.15, -0.1) is 0 Å². The molecule has 104 valence electrons. The van der Waals surface area contributed by atoms with E-state index in [1.54, 1.807) is 0 Å². The van der Waals surface area contributed by atoms with Crippen LogP contribution < -0.4 is 0 Å². The minimum Gasteiger partial charge on any atom is -0.481 e. The highest BCUT2D eigenvalue weighted by Gasteiger charge is 2.50. The van der Waals surface area contributed by atoms with Crippen molar-refractivity contribution >= 4 is 5.97 Å². The van der Waals surface area contributed by atoms with Crippen LogP contribution in [0.15, 0.2) is 12.4 Å². The molecule has 5 heteroatoms. The molecule has 0 amide bonds. The Morgan fingerprint density at radius 3 is 2.95 bits per heavy atom. The summed E-state index contributed by atoms with van der Waals surface area (Å²) in [7, 11) is 0. The molecule has 2 bridgehead atoms. The van der Waals surface area contributed by atoms with Gasteiger partial charge in [-0.1, -0.05) is 0 Å². The maximum Gasteiger partial charge on any atom is 0.308 e. The molecule has 0 saturated carbocycles. The second kappa shape index (κ2) is 4.63. The van der Waals surface area contributed by atoms with Crippen molar-refractivity contribution in [3.05, 3.63) is 18.0 Å². The molecule has 0 aromatic carbocycles. The van der Waals surface area contributed by atoms with Crippen LogP contribution >= 0.6 is 0 Å². The van der Waals surface area contributed by atoms with Crippen LogP contribution in [0.3, 0.4) is 0 Å². The lowest BCUT2D eigenvalue weighted by Gasteiger charge is -2.29. The molecule has 0 spiro atoms. The Balaban J connectivity index is 1.81. The molecule has 1 N–H and O–H groups in total. The number of rotatable bonds is 4.